The maximum Gasteiger partial charge on any atom is 0.231 e. The summed E-state index contributed by atoms with van der Waals surface area (Å²) in [5.41, 5.74) is 0.514. The van der Waals surface area contributed by atoms with Crippen molar-refractivity contribution in [1.29, 1.82) is 5.26 Å². The van der Waals surface area contributed by atoms with Crippen molar-refractivity contribution in [2.24, 2.45) is 0 Å². The Bertz CT molecular complexity index is 378. The third-order valence-corrected chi connectivity index (χ3v) is 2.69. The summed E-state index contributed by atoms with van der Waals surface area (Å²) in [7, 11) is 0. The lowest BCUT2D eigenvalue weighted by atomic mass is 10.1. The Morgan fingerprint density at radius 1 is 1.44 bits per heavy atom. The SMILES string of the molecule is N#Cc1cccnc1OC1CCCNCC1. The average Bonchev–Trinajstić information content (AvgIpc) is 2.58. The average molecular weight is 217 g/mol. The van der Waals surface area contributed by atoms with Crippen LogP contribution in [0.25, 0.3) is 0 Å². The molecule has 16 heavy (non-hydrogen) atoms. The van der Waals surface area contributed by atoms with Crippen molar-refractivity contribution in [1.82, 2.24) is 10.3 Å². The van der Waals surface area contributed by atoms with E-state index in [1.807, 2.05) is 0 Å². The summed E-state index contributed by atoms with van der Waals surface area (Å²) >= 11 is 0. The molecule has 0 amide bonds. The van der Waals surface area contributed by atoms with Crippen molar-refractivity contribution in [3.63, 3.8) is 0 Å². The third kappa shape index (κ3) is 2.71. The van der Waals surface area contributed by atoms with Crippen LogP contribution in [-0.4, -0.2) is 24.2 Å². The number of aromatic nitrogens is 1. The van der Waals surface area contributed by atoms with E-state index in [9.17, 15) is 0 Å². The minimum atomic E-state index is 0.178. The molecule has 2 heterocycles. The van der Waals surface area contributed by atoms with Crippen LogP contribution < -0.4 is 10.1 Å². The number of rotatable bonds is 2. The van der Waals surface area contributed by atoms with Gasteiger partial charge in [0.05, 0.1) is 0 Å². The fourth-order valence-electron chi connectivity index (χ4n) is 1.83. The molecule has 1 saturated heterocycles. The van der Waals surface area contributed by atoms with Crippen LogP contribution >= 0.6 is 0 Å². The zero-order chi connectivity index (χ0) is 11.2. The molecule has 0 bridgehead atoms. The van der Waals surface area contributed by atoms with Gasteiger partial charge in [-0.05, 0) is 44.5 Å². The van der Waals surface area contributed by atoms with Gasteiger partial charge in [-0.2, -0.15) is 5.26 Å². The summed E-state index contributed by atoms with van der Waals surface area (Å²) in [6.45, 7) is 2.02. The van der Waals surface area contributed by atoms with E-state index < -0.39 is 0 Å². The molecule has 0 aromatic carbocycles. The van der Waals surface area contributed by atoms with Gasteiger partial charge < -0.3 is 10.1 Å². The fourth-order valence-corrected chi connectivity index (χ4v) is 1.83. The monoisotopic (exact) mass is 217 g/mol. The van der Waals surface area contributed by atoms with Crippen LogP contribution in [0.5, 0.6) is 5.88 Å². The molecule has 1 fully saturated rings. The minimum Gasteiger partial charge on any atom is -0.473 e. The first-order valence-electron chi connectivity index (χ1n) is 5.62. The number of nitrogens with one attached hydrogen (secondary N) is 1. The maximum absolute atomic E-state index is 8.92. The summed E-state index contributed by atoms with van der Waals surface area (Å²) in [5.74, 6) is 0.469. The molecule has 84 valence electrons. The summed E-state index contributed by atoms with van der Waals surface area (Å²) in [6.07, 6.45) is 4.94. The first-order valence-corrected chi connectivity index (χ1v) is 5.62. The number of hydrogen-bond donors (Lipinski definition) is 1. The maximum atomic E-state index is 8.92. The Labute approximate surface area is 95.3 Å². The largest absolute Gasteiger partial charge is 0.473 e. The van der Waals surface area contributed by atoms with Crippen molar-refractivity contribution in [2.45, 2.75) is 25.4 Å². The number of pyridine rings is 1. The number of hydrogen-bond acceptors (Lipinski definition) is 4. The second-order valence-electron chi connectivity index (χ2n) is 3.89. The van der Waals surface area contributed by atoms with Gasteiger partial charge in [-0.15, -0.1) is 0 Å². The van der Waals surface area contributed by atoms with Crippen LogP contribution in [0, 0.1) is 11.3 Å². The normalized spacial score (nSPS) is 20.8. The molecule has 1 N–H and O–H groups in total. The zero-order valence-corrected chi connectivity index (χ0v) is 9.15. The van der Waals surface area contributed by atoms with Crippen LogP contribution in [0.4, 0.5) is 0 Å². The molecular formula is C12H15N3O. The van der Waals surface area contributed by atoms with Gasteiger partial charge in [-0.3, -0.25) is 0 Å². The van der Waals surface area contributed by atoms with E-state index in [4.69, 9.17) is 10.00 Å². The smallest absolute Gasteiger partial charge is 0.231 e. The van der Waals surface area contributed by atoms with Crippen LogP contribution in [0.3, 0.4) is 0 Å². The predicted octanol–water partition coefficient (Wildman–Crippen LogP) is 1.47. The highest BCUT2D eigenvalue weighted by Crippen LogP contribution is 2.18. The lowest BCUT2D eigenvalue weighted by Crippen LogP contribution is -2.20. The lowest BCUT2D eigenvalue weighted by molar-refractivity contribution is 0.179. The summed E-state index contributed by atoms with van der Waals surface area (Å²) in [5, 5.41) is 12.2. The van der Waals surface area contributed by atoms with E-state index in [1.165, 1.54) is 0 Å². The van der Waals surface area contributed by atoms with Gasteiger partial charge in [0, 0.05) is 6.20 Å². The molecule has 1 aliphatic rings. The quantitative estimate of drug-likeness (QED) is 0.815. The summed E-state index contributed by atoms with van der Waals surface area (Å²) < 4.78 is 5.78. The molecule has 4 nitrogen and oxygen atoms in total. The molecule has 0 radical (unpaired) electrons. The molecule has 2 rings (SSSR count). The highest BCUT2D eigenvalue weighted by molar-refractivity contribution is 5.37. The minimum absolute atomic E-state index is 0.178. The molecule has 1 aromatic rings. The Balaban J connectivity index is 2.05. The molecule has 1 atom stereocenters. The van der Waals surface area contributed by atoms with Crippen molar-refractivity contribution in [3.8, 4) is 11.9 Å². The number of ether oxygens (including phenoxy) is 1. The molecule has 1 aromatic heterocycles. The van der Waals surface area contributed by atoms with E-state index in [0.29, 0.717) is 11.4 Å². The van der Waals surface area contributed by atoms with E-state index in [1.54, 1.807) is 18.3 Å². The first kappa shape index (κ1) is 10.9. The highest BCUT2D eigenvalue weighted by Gasteiger charge is 2.15. The predicted molar refractivity (Wildman–Crippen MR) is 60.1 cm³/mol. The molecule has 1 unspecified atom stereocenters. The van der Waals surface area contributed by atoms with Gasteiger partial charge in [0.2, 0.25) is 5.88 Å². The number of nitrogens with zero attached hydrogens (tertiary/aromatic N) is 2. The number of nitriles is 1. The second-order valence-corrected chi connectivity index (χ2v) is 3.89. The van der Waals surface area contributed by atoms with Crippen molar-refractivity contribution in [3.05, 3.63) is 23.9 Å². The van der Waals surface area contributed by atoms with E-state index >= 15 is 0 Å². The molecular weight excluding hydrogens is 202 g/mol. The van der Waals surface area contributed by atoms with Crippen LogP contribution in [0.1, 0.15) is 24.8 Å². The van der Waals surface area contributed by atoms with E-state index in [0.717, 1.165) is 32.4 Å². The Morgan fingerprint density at radius 2 is 2.38 bits per heavy atom. The molecule has 1 aliphatic heterocycles. The van der Waals surface area contributed by atoms with Crippen LogP contribution in [-0.2, 0) is 0 Å². The standard InChI is InChI=1S/C12H15N3O/c13-9-10-3-1-7-15-12(10)16-11-4-2-6-14-8-5-11/h1,3,7,11,14H,2,4-6,8H2. The van der Waals surface area contributed by atoms with Crippen LogP contribution in [0.2, 0.25) is 0 Å². The van der Waals surface area contributed by atoms with Gasteiger partial charge in [-0.25, -0.2) is 4.98 Å². The molecule has 0 aliphatic carbocycles. The van der Waals surface area contributed by atoms with Crippen molar-refractivity contribution >= 4 is 0 Å². The summed E-state index contributed by atoms with van der Waals surface area (Å²) in [6, 6.07) is 5.58. The first-order chi connectivity index (χ1) is 7.90. The van der Waals surface area contributed by atoms with E-state index in [-0.39, 0.29) is 6.10 Å². The van der Waals surface area contributed by atoms with E-state index in [2.05, 4.69) is 16.4 Å². The van der Waals surface area contributed by atoms with Crippen molar-refractivity contribution in [2.75, 3.05) is 13.1 Å². The van der Waals surface area contributed by atoms with Gasteiger partial charge in [0.25, 0.3) is 0 Å². The topological polar surface area (TPSA) is 57.9 Å². The Morgan fingerprint density at radius 3 is 3.25 bits per heavy atom. The second kappa shape index (κ2) is 5.47. The van der Waals surface area contributed by atoms with Gasteiger partial charge in [0.15, 0.2) is 0 Å². The Kier molecular flexibility index (Phi) is 3.73. The van der Waals surface area contributed by atoms with Crippen molar-refractivity contribution < 1.29 is 4.74 Å². The molecule has 0 spiro atoms. The van der Waals surface area contributed by atoms with Crippen LogP contribution in [0.15, 0.2) is 18.3 Å². The van der Waals surface area contributed by atoms with Gasteiger partial charge in [0.1, 0.15) is 17.7 Å². The van der Waals surface area contributed by atoms with Gasteiger partial charge in [-0.1, -0.05) is 0 Å². The highest BCUT2D eigenvalue weighted by atomic mass is 16.5. The fraction of sp³-hybridized carbons (Fsp3) is 0.500. The third-order valence-electron chi connectivity index (χ3n) is 2.69. The van der Waals surface area contributed by atoms with Gasteiger partial charge >= 0.3 is 0 Å². The Hall–Kier alpha value is -1.60. The molecule has 4 heteroatoms. The lowest BCUT2D eigenvalue weighted by Gasteiger charge is -2.16. The summed E-state index contributed by atoms with van der Waals surface area (Å²) in [4.78, 5) is 4.11. The zero-order valence-electron chi connectivity index (χ0n) is 9.15. The molecule has 0 saturated carbocycles.